The fourth-order valence-electron chi connectivity index (χ4n) is 2.52. The lowest BCUT2D eigenvalue weighted by Gasteiger charge is -2.14. The topological polar surface area (TPSA) is 78.5 Å². The Morgan fingerprint density at radius 2 is 1.74 bits per heavy atom. The molecule has 2 N–H and O–H groups in total. The molecule has 0 atom stereocenters. The monoisotopic (exact) mass is 337 g/mol. The van der Waals surface area contributed by atoms with Crippen LogP contribution in [-0.2, 0) is 4.79 Å². The van der Waals surface area contributed by atoms with Crippen molar-refractivity contribution in [3.05, 3.63) is 35.4 Å². The van der Waals surface area contributed by atoms with Crippen molar-refractivity contribution in [1.29, 1.82) is 0 Å². The number of carbonyl (C=O) groups excluding carboxylic acids is 3. The van der Waals surface area contributed by atoms with Crippen molar-refractivity contribution in [2.45, 2.75) is 12.8 Å². The summed E-state index contributed by atoms with van der Waals surface area (Å²) in [6.07, 6.45) is 2.49. The summed E-state index contributed by atoms with van der Waals surface area (Å²) < 4.78 is 0. The number of nitrogens with one attached hydrogen (secondary N) is 2. The summed E-state index contributed by atoms with van der Waals surface area (Å²) in [5, 5.41) is 5.82. The number of benzene rings is 1. The first kappa shape index (κ1) is 17.4. The second kappa shape index (κ2) is 7.57. The summed E-state index contributed by atoms with van der Waals surface area (Å²) in [5.74, 6) is 0.0341. The molecule has 1 aliphatic carbocycles. The minimum atomic E-state index is -0.290. The molecule has 3 amide bonds. The van der Waals surface area contributed by atoms with E-state index in [4.69, 9.17) is 0 Å². The van der Waals surface area contributed by atoms with Crippen LogP contribution in [0.15, 0.2) is 24.3 Å². The number of hydrogen-bond donors (Lipinski definition) is 2. The fourth-order valence-corrected chi connectivity index (χ4v) is 2.52. The van der Waals surface area contributed by atoms with E-state index in [0.29, 0.717) is 11.1 Å². The van der Waals surface area contributed by atoms with Crippen LogP contribution in [0.25, 0.3) is 0 Å². The average molecular weight is 338 g/mol. The van der Waals surface area contributed by atoms with Crippen LogP contribution in [0.1, 0.15) is 33.6 Å². The zero-order valence-electron chi connectivity index (χ0n) is 12.7. The molecule has 0 aromatic heterocycles. The van der Waals surface area contributed by atoms with Gasteiger partial charge in [-0.15, -0.1) is 12.4 Å². The van der Waals surface area contributed by atoms with E-state index in [1.807, 2.05) is 0 Å². The normalized spacial score (nSPS) is 16.1. The quantitative estimate of drug-likeness (QED) is 0.722. The van der Waals surface area contributed by atoms with E-state index in [1.165, 1.54) is 17.7 Å². The van der Waals surface area contributed by atoms with Gasteiger partial charge in [0, 0.05) is 13.1 Å². The molecule has 6 nitrogen and oxygen atoms in total. The highest BCUT2D eigenvalue weighted by molar-refractivity contribution is 6.21. The summed E-state index contributed by atoms with van der Waals surface area (Å²) in [6.45, 7) is 1.63. The van der Waals surface area contributed by atoms with Crippen molar-refractivity contribution in [3.8, 4) is 0 Å². The Morgan fingerprint density at radius 3 is 2.30 bits per heavy atom. The second-order valence-electron chi connectivity index (χ2n) is 5.73. The Morgan fingerprint density at radius 1 is 1.13 bits per heavy atom. The zero-order valence-corrected chi connectivity index (χ0v) is 13.5. The highest BCUT2D eigenvalue weighted by Crippen LogP contribution is 2.27. The Hall–Kier alpha value is -1.92. The molecule has 1 aliphatic heterocycles. The van der Waals surface area contributed by atoms with Crippen LogP contribution in [0.4, 0.5) is 0 Å². The van der Waals surface area contributed by atoms with Crippen LogP contribution < -0.4 is 10.6 Å². The molecule has 0 radical (unpaired) electrons. The standard InChI is InChI=1S/C16H19N3O3.ClH/c20-14(10-17-9-11-5-6-11)18-7-8-19-15(21)12-3-1-2-4-13(12)16(19)22;/h1-4,11,17H,5-10H2,(H,18,20);1H. The molecular weight excluding hydrogens is 318 g/mol. The van der Waals surface area contributed by atoms with Crippen molar-refractivity contribution in [3.63, 3.8) is 0 Å². The summed E-state index contributed by atoms with van der Waals surface area (Å²) in [4.78, 5) is 37.1. The SMILES string of the molecule is Cl.O=C(CNCC1CC1)NCCN1C(=O)c2ccccc2C1=O. The molecule has 1 aromatic carbocycles. The number of imide groups is 1. The maximum Gasteiger partial charge on any atom is 0.261 e. The summed E-state index contributed by atoms with van der Waals surface area (Å²) >= 11 is 0. The number of nitrogens with zero attached hydrogens (tertiary/aromatic N) is 1. The lowest BCUT2D eigenvalue weighted by Crippen LogP contribution is -2.41. The van der Waals surface area contributed by atoms with Gasteiger partial charge in [0.15, 0.2) is 0 Å². The second-order valence-corrected chi connectivity index (χ2v) is 5.73. The van der Waals surface area contributed by atoms with Gasteiger partial charge in [-0.25, -0.2) is 0 Å². The Balaban J connectivity index is 0.00000192. The van der Waals surface area contributed by atoms with Gasteiger partial charge in [-0.3, -0.25) is 19.3 Å². The zero-order chi connectivity index (χ0) is 15.5. The van der Waals surface area contributed by atoms with Gasteiger partial charge in [0.2, 0.25) is 5.91 Å². The minimum Gasteiger partial charge on any atom is -0.353 e. The molecule has 124 valence electrons. The summed E-state index contributed by atoms with van der Waals surface area (Å²) in [7, 11) is 0. The maximum absolute atomic E-state index is 12.1. The van der Waals surface area contributed by atoms with E-state index in [0.717, 1.165) is 12.5 Å². The van der Waals surface area contributed by atoms with Gasteiger partial charge in [0.1, 0.15) is 0 Å². The molecular formula is C16H20ClN3O3. The maximum atomic E-state index is 12.1. The van der Waals surface area contributed by atoms with Crippen molar-refractivity contribution in [2.75, 3.05) is 26.2 Å². The van der Waals surface area contributed by atoms with E-state index in [1.54, 1.807) is 24.3 Å². The molecule has 2 aliphatic rings. The fraction of sp³-hybridized carbons (Fsp3) is 0.438. The van der Waals surface area contributed by atoms with Crippen LogP contribution in [0.3, 0.4) is 0 Å². The summed E-state index contributed by atoms with van der Waals surface area (Å²) in [6, 6.07) is 6.77. The smallest absolute Gasteiger partial charge is 0.261 e. The molecule has 7 heteroatoms. The van der Waals surface area contributed by atoms with Crippen LogP contribution in [-0.4, -0.2) is 48.8 Å². The highest BCUT2D eigenvalue weighted by Gasteiger charge is 2.34. The van der Waals surface area contributed by atoms with Crippen molar-refractivity contribution in [1.82, 2.24) is 15.5 Å². The average Bonchev–Trinajstić information content (AvgIpc) is 3.31. The van der Waals surface area contributed by atoms with Gasteiger partial charge >= 0.3 is 0 Å². The molecule has 3 rings (SSSR count). The Bertz CT molecular complexity index is 581. The molecule has 0 saturated heterocycles. The molecule has 23 heavy (non-hydrogen) atoms. The lowest BCUT2D eigenvalue weighted by atomic mass is 10.1. The molecule has 1 aromatic rings. The van der Waals surface area contributed by atoms with Gasteiger partial charge in [0.25, 0.3) is 11.8 Å². The van der Waals surface area contributed by atoms with Crippen molar-refractivity contribution in [2.24, 2.45) is 5.92 Å². The van der Waals surface area contributed by atoms with E-state index in [9.17, 15) is 14.4 Å². The third-order valence-electron chi connectivity index (χ3n) is 3.95. The molecule has 1 heterocycles. The lowest BCUT2D eigenvalue weighted by molar-refractivity contribution is -0.120. The van der Waals surface area contributed by atoms with Crippen LogP contribution in [0.2, 0.25) is 0 Å². The Kier molecular flexibility index (Phi) is 5.74. The van der Waals surface area contributed by atoms with Crippen LogP contribution in [0.5, 0.6) is 0 Å². The van der Waals surface area contributed by atoms with Crippen molar-refractivity contribution >= 4 is 30.1 Å². The number of halogens is 1. The van der Waals surface area contributed by atoms with Crippen LogP contribution >= 0.6 is 12.4 Å². The van der Waals surface area contributed by atoms with E-state index in [-0.39, 0.29) is 49.8 Å². The number of carbonyl (C=O) groups is 3. The van der Waals surface area contributed by atoms with E-state index in [2.05, 4.69) is 10.6 Å². The molecule has 1 fully saturated rings. The Labute approximate surface area is 141 Å². The van der Waals surface area contributed by atoms with Gasteiger partial charge in [-0.05, 0) is 37.4 Å². The minimum absolute atomic E-state index is 0. The van der Waals surface area contributed by atoms with Crippen LogP contribution in [0, 0.1) is 5.92 Å². The number of amides is 3. The highest BCUT2D eigenvalue weighted by atomic mass is 35.5. The molecule has 1 saturated carbocycles. The van der Waals surface area contributed by atoms with Gasteiger partial charge in [0.05, 0.1) is 17.7 Å². The van der Waals surface area contributed by atoms with Gasteiger partial charge in [-0.1, -0.05) is 12.1 Å². The predicted octanol–water partition coefficient (Wildman–Crippen LogP) is 0.820. The van der Waals surface area contributed by atoms with E-state index < -0.39 is 0 Å². The van der Waals surface area contributed by atoms with Gasteiger partial charge < -0.3 is 10.6 Å². The summed E-state index contributed by atoms with van der Waals surface area (Å²) in [5.41, 5.74) is 0.870. The number of rotatable bonds is 7. The largest absolute Gasteiger partial charge is 0.353 e. The van der Waals surface area contributed by atoms with E-state index >= 15 is 0 Å². The van der Waals surface area contributed by atoms with Crippen molar-refractivity contribution < 1.29 is 14.4 Å². The first-order chi connectivity index (χ1) is 10.7. The number of hydrogen-bond acceptors (Lipinski definition) is 4. The van der Waals surface area contributed by atoms with Gasteiger partial charge in [-0.2, -0.15) is 0 Å². The molecule has 0 bridgehead atoms. The third-order valence-corrected chi connectivity index (χ3v) is 3.95. The predicted molar refractivity (Wildman–Crippen MR) is 87.7 cm³/mol. The molecule has 0 unspecified atom stereocenters. The molecule has 0 spiro atoms. The third kappa shape index (κ3) is 4.09. The number of fused-ring (bicyclic) bond motifs is 1. The first-order valence-corrected chi connectivity index (χ1v) is 7.59. The first-order valence-electron chi connectivity index (χ1n) is 7.59.